The molecule has 0 aromatic heterocycles. The second kappa shape index (κ2) is 7.39. The van der Waals surface area contributed by atoms with Crippen molar-refractivity contribution in [1.82, 2.24) is 5.32 Å². The van der Waals surface area contributed by atoms with Gasteiger partial charge in [0.2, 0.25) is 0 Å². The van der Waals surface area contributed by atoms with E-state index in [4.69, 9.17) is 12.2 Å². The van der Waals surface area contributed by atoms with Crippen molar-refractivity contribution in [3.63, 3.8) is 0 Å². The number of nitrogens with one attached hydrogen (secondary N) is 1. The Balaban J connectivity index is 0.00000144. The Morgan fingerprint density at radius 3 is 2.65 bits per heavy atom. The Bertz CT molecular complexity index is 508. The van der Waals surface area contributed by atoms with E-state index in [9.17, 15) is 0 Å². The van der Waals surface area contributed by atoms with Crippen molar-refractivity contribution in [2.75, 3.05) is 6.54 Å². The maximum atomic E-state index is 5.25. The van der Waals surface area contributed by atoms with E-state index in [1.165, 1.54) is 15.7 Å². The van der Waals surface area contributed by atoms with Crippen LogP contribution >= 0.6 is 24.0 Å². The van der Waals surface area contributed by atoms with Gasteiger partial charge in [0.25, 0.3) is 0 Å². The third-order valence-corrected chi connectivity index (χ3v) is 3.57. The van der Waals surface area contributed by atoms with Gasteiger partial charge in [0.05, 0.1) is 0 Å². The number of hydrogen-bond donors (Lipinski definition) is 1. The van der Waals surface area contributed by atoms with Crippen LogP contribution in [0.5, 0.6) is 0 Å². The van der Waals surface area contributed by atoms with Crippen molar-refractivity contribution >= 4 is 68.6 Å². The van der Waals surface area contributed by atoms with Crippen LogP contribution in [0.15, 0.2) is 47.4 Å². The van der Waals surface area contributed by atoms with E-state index >= 15 is 0 Å². The van der Waals surface area contributed by atoms with E-state index in [1.807, 2.05) is 0 Å². The fraction of sp³-hybridized carbons (Fsp3) is 0.154. The van der Waals surface area contributed by atoms with E-state index in [-0.39, 0.29) is 29.6 Å². The third kappa shape index (κ3) is 3.97. The van der Waals surface area contributed by atoms with Crippen molar-refractivity contribution in [3.05, 3.63) is 42.5 Å². The zero-order chi connectivity index (χ0) is 11.4. The summed E-state index contributed by atoms with van der Waals surface area (Å²) in [5, 5.41) is 5.67. The zero-order valence-electron chi connectivity index (χ0n) is 10.1. The summed E-state index contributed by atoms with van der Waals surface area (Å²) in [6, 6.07) is 14.7. The van der Waals surface area contributed by atoms with Crippen LogP contribution in [0.3, 0.4) is 0 Å². The zero-order valence-corrected chi connectivity index (χ0v) is 13.7. The first-order valence-corrected chi connectivity index (χ1v) is 6.47. The molecule has 0 amide bonds. The minimum atomic E-state index is 0. The predicted molar refractivity (Wildman–Crippen MR) is 81.8 cm³/mol. The molecule has 2 rings (SSSR count). The third-order valence-electron chi connectivity index (χ3n) is 2.27. The van der Waals surface area contributed by atoms with Crippen LogP contribution in [0.2, 0.25) is 0 Å². The molecular weight excluding hydrogens is 257 g/mol. The number of hydrogen-bond acceptors (Lipinski definition) is 2. The van der Waals surface area contributed by atoms with E-state index in [0.717, 1.165) is 10.9 Å². The summed E-state index contributed by atoms with van der Waals surface area (Å²) in [7, 11) is 0. The summed E-state index contributed by atoms with van der Waals surface area (Å²) in [6.45, 7) is 2.92. The van der Waals surface area contributed by atoms with Gasteiger partial charge in [-0.1, -0.05) is 60.4 Å². The Morgan fingerprint density at radius 2 is 1.88 bits per heavy atom. The summed E-state index contributed by atoms with van der Waals surface area (Å²) < 4.78 is 0.832. The molecule has 0 bridgehead atoms. The van der Waals surface area contributed by atoms with E-state index < -0.39 is 0 Å². The molecule has 1 nitrogen and oxygen atoms in total. The van der Waals surface area contributed by atoms with Gasteiger partial charge in [-0.3, -0.25) is 0 Å². The fourth-order valence-electron chi connectivity index (χ4n) is 1.56. The van der Waals surface area contributed by atoms with Crippen molar-refractivity contribution in [2.45, 2.75) is 11.8 Å². The minimum Gasteiger partial charge on any atom is -0.371 e. The Morgan fingerprint density at radius 1 is 1.18 bits per heavy atom. The van der Waals surface area contributed by atoms with Crippen molar-refractivity contribution in [1.29, 1.82) is 0 Å². The van der Waals surface area contributed by atoms with Crippen LogP contribution < -0.4 is 5.32 Å². The molecule has 2 aromatic carbocycles. The van der Waals surface area contributed by atoms with Crippen LogP contribution in [0, 0.1) is 0 Å². The topological polar surface area (TPSA) is 12.0 Å². The molecule has 0 saturated heterocycles. The van der Waals surface area contributed by atoms with E-state index in [0.29, 0.717) is 0 Å². The average molecular weight is 270 g/mol. The minimum absolute atomic E-state index is 0. The summed E-state index contributed by atoms with van der Waals surface area (Å²) >= 11 is 6.87. The SMILES string of the molecule is CCNC(=S)Sc1cccc2ccccc12.[Na]. The monoisotopic (exact) mass is 270 g/mol. The molecule has 0 spiro atoms. The molecule has 2 aromatic rings. The van der Waals surface area contributed by atoms with Gasteiger partial charge in [-0.05, 0) is 23.8 Å². The van der Waals surface area contributed by atoms with Crippen LogP contribution in [0.25, 0.3) is 10.8 Å². The van der Waals surface area contributed by atoms with Crippen molar-refractivity contribution in [2.24, 2.45) is 0 Å². The Hall–Kier alpha value is -0.0600. The molecule has 4 heteroatoms. The Kier molecular flexibility index (Phi) is 6.52. The average Bonchev–Trinajstić information content (AvgIpc) is 2.30. The molecule has 1 radical (unpaired) electrons. The molecule has 0 aliphatic rings. The first kappa shape index (κ1) is 15.0. The molecule has 0 aliphatic heterocycles. The van der Waals surface area contributed by atoms with Gasteiger partial charge in [-0.2, -0.15) is 0 Å². The predicted octanol–water partition coefficient (Wildman–Crippen LogP) is 3.45. The summed E-state index contributed by atoms with van der Waals surface area (Å²) in [6.07, 6.45) is 0. The van der Waals surface area contributed by atoms with Gasteiger partial charge in [0, 0.05) is 41.0 Å². The first-order chi connectivity index (χ1) is 7.81. The van der Waals surface area contributed by atoms with E-state index in [2.05, 4.69) is 54.7 Å². The molecule has 0 atom stereocenters. The van der Waals surface area contributed by atoms with Gasteiger partial charge >= 0.3 is 0 Å². The molecular formula is C13H13NNaS2. The summed E-state index contributed by atoms with van der Waals surface area (Å²) in [4.78, 5) is 1.21. The molecule has 0 unspecified atom stereocenters. The molecule has 17 heavy (non-hydrogen) atoms. The normalized spacial score (nSPS) is 9.71. The molecule has 1 N–H and O–H groups in total. The van der Waals surface area contributed by atoms with E-state index in [1.54, 1.807) is 11.8 Å². The van der Waals surface area contributed by atoms with Crippen LogP contribution in [0.1, 0.15) is 6.92 Å². The van der Waals surface area contributed by atoms with Gasteiger partial charge in [0.15, 0.2) is 0 Å². The summed E-state index contributed by atoms with van der Waals surface area (Å²) in [5.74, 6) is 0. The maximum Gasteiger partial charge on any atom is 0.138 e. The summed E-state index contributed by atoms with van der Waals surface area (Å²) in [5.41, 5.74) is 0. The van der Waals surface area contributed by atoms with Gasteiger partial charge in [-0.15, -0.1) is 0 Å². The fourth-order valence-corrected chi connectivity index (χ4v) is 2.84. The van der Waals surface area contributed by atoms with Crippen LogP contribution in [0.4, 0.5) is 0 Å². The number of thiocarbonyl (C=S) groups is 1. The van der Waals surface area contributed by atoms with Crippen molar-refractivity contribution in [3.8, 4) is 0 Å². The molecule has 0 fully saturated rings. The number of thioether (sulfide) groups is 1. The number of fused-ring (bicyclic) bond motifs is 1. The quantitative estimate of drug-likeness (QED) is 0.510. The number of rotatable bonds is 2. The van der Waals surface area contributed by atoms with Gasteiger partial charge in [-0.25, -0.2) is 0 Å². The molecule has 0 aliphatic carbocycles. The second-order valence-electron chi connectivity index (χ2n) is 3.40. The second-order valence-corrected chi connectivity index (χ2v) is 5.12. The molecule has 0 saturated carbocycles. The smallest absolute Gasteiger partial charge is 0.138 e. The first-order valence-electron chi connectivity index (χ1n) is 5.24. The number of benzene rings is 2. The Labute approximate surface area is 134 Å². The van der Waals surface area contributed by atoms with Crippen LogP contribution in [-0.2, 0) is 0 Å². The molecule has 83 valence electrons. The maximum absolute atomic E-state index is 5.25. The van der Waals surface area contributed by atoms with Gasteiger partial charge in [0.1, 0.15) is 4.32 Å². The van der Waals surface area contributed by atoms with Crippen LogP contribution in [-0.4, -0.2) is 40.4 Å². The molecule has 0 heterocycles. The largest absolute Gasteiger partial charge is 0.371 e. The van der Waals surface area contributed by atoms with Crippen molar-refractivity contribution < 1.29 is 0 Å². The standard InChI is InChI=1S/C13H13NS2.Na/c1-2-14-13(15)16-12-9-5-7-10-6-3-4-8-11(10)12;/h3-9H,2H2,1H3,(H,14,15);. The van der Waals surface area contributed by atoms with Gasteiger partial charge < -0.3 is 5.32 Å².